The van der Waals surface area contributed by atoms with Crippen LogP contribution in [0.25, 0.3) is 12.2 Å². The summed E-state index contributed by atoms with van der Waals surface area (Å²) in [7, 11) is 0. The van der Waals surface area contributed by atoms with Gasteiger partial charge in [-0.2, -0.15) is 0 Å². The highest BCUT2D eigenvalue weighted by atomic mass is 14.0. The third-order valence-electron chi connectivity index (χ3n) is 9.04. The molecule has 0 aliphatic rings. The second-order valence-corrected chi connectivity index (χ2v) is 13.2. The Morgan fingerprint density at radius 1 is 0.333 bits per heavy atom. The van der Waals surface area contributed by atoms with Crippen LogP contribution in [0.2, 0.25) is 0 Å². The van der Waals surface area contributed by atoms with Gasteiger partial charge in [0.15, 0.2) is 0 Å². The summed E-state index contributed by atoms with van der Waals surface area (Å²) in [5.74, 6) is 13.3. The third-order valence-corrected chi connectivity index (χ3v) is 9.04. The molecular formula is C48H56. The molecule has 0 nitrogen and oxygen atoms in total. The summed E-state index contributed by atoms with van der Waals surface area (Å²) in [5.41, 5.74) is 9.37. The first kappa shape index (κ1) is 36.6. The molecule has 0 fully saturated rings. The van der Waals surface area contributed by atoms with E-state index in [1.165, 1.54) is 114 Å². The van der Waals surface area contributed by atoms with E-state index in [1.54, 1.807) is 0 Å². The first-order valence-corrected chi connectivity index (χ1v) is 18.8. The van der Waals surface area contributed by atoms with Crippen molar-refractivity contribution in [1.82, 2.24) is 0 Å². The molecule has 0 spiro atoms. The van der Waals surface area contributed by atoms with E-state index in [0.29, 0.717) is 0 Å². The van der Waals surface area contributed by atoms with Crippen LogP contribution in [-0.2, 0) is 12.8 Å². The minimum atomic E-state index is 1.03. The summed E-state index contributed by atoms with van der Waals surface area (Å²) >= 11 is 0. The van der Waals surface area contributed by atoms with E-state index in [1.807, 2.05) is 0 Å². The standard InChI is InChI=1S/C48H56/c1-3-5-7-9-11-13-15-17-41-19-23-43(24-20-41)27-29-45-31-35-47(36-32-45)39-40-48-37-33-46(34-38-48)30-28-44-25-21-42(22-26-44)18-16-14-12-10-8-6-4-2/h19-26,31-40H,3-18H2,1-2H3/b40-39+. The van der Waals surface area contributed by atoms with Gasteiger partial charge in [0.2, 0.25) is 0 Å². The lowest BCUT2D eigenvalue weighted by atomic mass is 10.0. The van der Waals surface area contributed by atoms with Crippen molar-refractivity contribution < 1.29 is 0 Å². The van der Waals surface area contributed by atoms with Crippen LogP contribution in [0, 0.1) is 23.7 Å². The van der Waals surface area contributed by atoms with Crippen LogP contribution in [0.4, 0.5) is 0 Å². The topological polar surface area (TPSA) is 0 Å². The minimum absolute atomic E-state index is 1.03. The third kappa shape index (κ3) is 14.7. The van der Waals surface area contributed by atoms with Gasteiger partial charge in [0.1, 0.15) is 0 Å². The lowest BCUT2D eigenvalue weighted by molar-refractivity contribution is 0.589. The van der Waals surface area contributed by atoms with Crippen molar-refractivity contribution in [2.45, 2.75) is 117 Å². The maximum atomic E-state index is 3.33. The van der Waals surface area contributed by atoms with E-state index in [9.17, 15) is 0 Å². The Labute approximate surface area is 293 Å². The molecule has 0 heteroatoms. The van der Waals surface area contributed by atoms with Crippen molar-refractivity contribution in [3.05, 3.63) is 142 Å². The summed E-state index contributed by atoms with van der Waals surface area (Å²) in [6.45, 7) is 4.55. The maximum absolute atomic E-state index is 3.33. The van der Waals surface area contributed by atoms with Crippen molar-refractivity contribution in [2.75, 3.05) is 0 Å². The Hall–Kier alpha value is -4.26. The molecule has 0 aliphatic heterocycles. The van der Waals surface area contributed by atoms with E-state index < -0.39 is 0 Å². The van der Waals surface area contributed by atoms with Crippen molar-refractivity contribution in [2.24, 2.45) is 0 Å². The fraction of sp³-hybridized carbons (Fsp3) is 0.375. The number of unbranched alkanes of at least 4 members (excludes halogenated alkanes) is 12. The quantitative estimate of drug-likeness (QED) is 0.0581. The first-order valence-electron chi connectivity index (χ1n) is 18.8. The largest absolute Gasteiger partial charge is 0.0654 e. The Balaban J connectivity index is 1.18. The van der Waals surface area contributed by atoms with Crippen LogP contribution in [0.3, 0.4) is 0 Å². The monoisotopic (exact) mass is 632 g/mol. The zero-order valence-electron chi connectivity index (χ0n) is 29.7. The van der Waals surface area contributed by atoms with Crippen LogP contribution < -0.4 is 0 Å². The van der Waals surface area contributed by atoms with Crippen LogP contribution in [0.15, 0.2) is 97.1 Å². The lowest BCUT2D eigenvalue weighted by Gasteiger charge is -2.02. The van der Waals surface area contributed by atoms with Crippen molar-refractivity contribution >= 4 is 12.2 Å². The summed E-state index contributed by atoms with van der Waals surface area (Å²) in [6.07, 6.45) is 25.6. The van der Waals surface area contributed by atoms with Gasteiger partial charge in [0, 0.05) is 22.3 Å². The predicted octanol–water partition coefficient (Wildman–Crippen LogP) is 13.2. The van der Waals surface area contributed by atoms with Crippen molar-refractivity contribution in [1.29, 1.82) is 0 Å². The average Bonchev–Trinajstić information content (AvgIpc) is 3.13. The summed E-state index contributed by atoms with van der Waals surface area (Å²) in [6, 6.07) is 34.5. The first-order chi connectivity index (χ1) is 23.7. The van der Waals surface area contributed by atoms with Gasteiger partial charge in [-0.3, -0.25) is 0 Å². The number of aryl methyl sites for hydroxylation is 2. The molecule has 0 aromatic heterocycles. The van der Waals surface area contributed by atoms with Gasteiger partial charge in [0.05, 0.1) is 0 Å². The van der Waals surface area contributed by atoms with Crippen molar-refractivity contribution in [3.8, 4) is 23.7 Å². The summed E-state index contributed by atoms with van der Waals surface area (Å²) in [5, 5.41) is 0. The highest BCUT2D eigenvalue weighted by molar-refractivity contribution is 5.70. The molecule has 0 saturated carbocycles. The number of benzene rings is 4. The highest BCUT2D eigenvalue weighted by Crippen LogP contribution is 2.15. The molecule has 0 aliphatic carbocycles. The van der Waals surface area contributed by atoms with Gasteiger partial charge in [-0.1, -0.05) is 175 Å². The van der Waals surface area contributed by atoms with Gasteiger partial charge < -0.3 is 0 Å². The molecule has 48 heavy (non-hydrogen) atoms. The van der Waals surface area contributed by atoms with Gasteiger partial charge in [-0.15, -0.1) is 0 Å². The smallest absolute Gasteiger partial charge is 0.0249 e. The average molecular weight is 633 g/mol. The highest BCUT2D eigenvalue weighted by Gasteiger charge is 1.98. The lowest BCUT2D eigenvalue weighted by Crippen LogP contribution is -1.87. The molecule has 0 radical (unpaired) electrons. The molecule has 248 valence electrons. The van der Waals surface area contributed by atoms with E-state index in [-0.39, 0.29) is 0 Å². The Bertz CT molecular complexity index is 1470. The van der Waals surface area contributed by atoms with Crippen molar-refractivity contribution in [3.63, 3.8) is 0 Å². The van der Waals surface area contributed by atoms with Gasteiger partial charge in [0.25, 0.3) is 0 Å². The van der Waals surface area contributed by atoms with E-state index in [0.717, 1.165) is 33.4 Å². The van der Waals surface area contributed by atoms with E-state index in [4.69, 9.17) is 0 Å². The number of hydrogen-bond acceptors (Lipinski definition) is 0. The van der Waals surface area contributed by atoms with Gasteiger partial charge >= 0.3 is 0 Å². The minimum Gasteiger partial charge on any atom is -0.0654 e. The van der Waals surface area contributed by atoms with Crippen LogP contribution >= 0.6 is 0 Å². The molecule has 0 N–H and O–H groups in total. The predicted molar refractivity (Wildman–Crippen MR) is 210 cm³/mol. The molecule has 4 aromatic rings. The second kappa shape index (κ2) is 22.3. The second-order valence-electron chi connectivity index (χ2n) is 13.2. The fourth-order valence-electron chi connectivity index (χ4n) is 5.92. The Kier molecular flexibility index (Phi) is 17.0. The normalized spacial score (nSPS) is 10.8. The molecule has 4 aromatic carbocycles. The molecule has 0 saturated heterocycles. The summed E-state index contributed by atoms with van der Waals surface area (Å²) in [4.78, 5) is 0. The zero-order chi connectivity index (χ0) is 33.5. The fourth-order valence-corrected chi connectivity index (χ4v) is 5.92. The molecule has 0 atom stereocenters. The number of rotatable bonds is 18. The maximum Gasteiger partial charge on any atom is 0.0249 e. The molecule has 0 heterocycles. The van der Waals surface area contributed by atoms with Crippen LogP contribution in [0.5, 0.6) is 0 Å². The molecule has 0 bridgehead atoms. The van der Waals surface area contributed by atoms with Crippen LogP contribution in [-0.4, -0.2) is 0 Å². The summed E-state index contributed by atoms with van der Waals surface area (Å²) < 4.78 is 0. The molecule has 0 amide bonds. The van der Waals surface area contributed by atoms with Gasteiger partial charge in [-0.25, -0.2) is 0 Å². The number of hydrogen-bond donors (Lipinski definition) is 0. The Morgan fingerprint density at radius 2 is 0.604 bits per heavy atom. The SMILES string of the molecule is CCCCCCCCCc1ccc(C#Cc2ccc(/C=C/c3ccc(C#Cc4ccc(CCCCCCCCC)cc4)cc3)cc2)cc1. The molecule has 4 rings (SSSR count). The molecular weight excluding hydrogens is 577 g/mol. The Morgan fingerprint density at radius 3 is 0.917 bits per heavy atom. The van der Waals surface area contributed by atoms with E-state index >= 15 is 0 Å². The molecule has 0 unspecified atom stereocenters. The van der Waals surface area contributed by atoms with Crippen LogP contribution in [0.1, 0.15) is 148 Å². The zero-order valence-corrected chi connectivity index (χ0v) is 29.7. The van der Waals surface area contributed by atoms with E-state index in [2.05, 4.69) is 147 Å². The van der Waals surface area contributed by atoms with Gasteiger partial charge in [-0.05, 0) is 96.5 Å².